The summed E-state index contributed by atoms with van der Waals surface area (Å²) in [5.74, 6) is -0.594. The van der Waals surface area contributed by atoms with Gasteiger partial charge in [0.05, 0.1) is 5.92 Å². The van der Waals surface area contributed by atoms with Gasteiger partial charge in [0.25, 0.3) is 0 Å². The third-order valence-electron chi connectivity index (χ3n) is 4.62. The Morgan fingerprint density at radius 1 is 1.08 bits per heavy atom. The SMILES string of the molecule is CN(C)c1ccc([C@@H](CC(=O)c2ccccc2)C(C)(C)[N+](=O)[O-])cc1. The van der Waals surface area contributed by atoms with Crippen molar-refractivity contribution in [2.75, 3.05) is 19.0 Å². The van der Waals surface area contributed by atoms with Gasteiger partial charge in [-0.3, -0.25) is 14.9 Å². The zero-order valence-electron chi connectivity index (χ0n) is 15.1. The lowest BCUT2D eigenvalue weighted by molar-refractivity contribution is -0.565. The van der Waals surface area contributed by atoms with E-state index in [2.05, 4.69) is 0 Å². The van der Waals surface area contributed by atoms with Crippen molar-refractivity contribution in [3.8, 4) is 0 Å². The van der Waals surface area contributed by atoms with Gasteiger partial charge in [0.15, 0.2) is 5.78 Å². The van der Waals surface area contributed by atoms with Crippen LogP contribution in [-0.2, 0) is 0 Å². The van der Waals surface area contributed by atoms with E-state index >= 15 is 0 Å². The van der Waals surface area contributed by atoms with Crippen LogP contribution in [0, 0.1) is 10.1 Å². The van der Waals surface area contributed by atoms with Crippen molar-refractivity contribution in [3.63, 3.8) is 0 Å². The number of hydrogen-bond donors (Lipinski definition) is 0. The van der Waals surface area contributed by atoms with Gasteiger partial charge in [-0.1, -0.05) is 42.5 Å². The molecule has 0 spiro atoms. The summed E-state index contributed by atoms with van der Waals surface area (Å²) in [5, 5.41) is 11.6. The van der Waals surface area contributed by atoms with Crippen LogP contribution in [0.15, 0.2) is 54.6 Å². The van der Waals surface area contributed by atoms with Crippen LogP contribution >= 0.6 is 0 Å². The fraction of sp³-hybridized carbons (Fsp3) is 0.350. The molecule has 0 heterocycles. The predicted octanol–water partition coefficient (Wildman–Crippen LogP) is 4.16. The van der Waals surface area contributed by atoms with E-state index in [9.17, 15) is 14.9 Å². The Bertz CT molecular complexity index is 737. The molecule has 0 saturated heterocycles. The summed E-state index contributed by atoms with van der Waals surface area (Å²) in [4.78, 5) is 25.9. The topological polar surface area (TPSA) is 63.5 Å². The van der Waals surface area contributed by atoms with Gasteiger partial charge in [-0.2, -0.15) is 0 Å². The molecule has 0 unspecified atom stereocenters. The standard InChI is InChI=1S/C20H24N2O3/c1-20(2,22(24)25)18(14-19(23)16-8-6-5-7-9-16)15-10-12-17(13-11-15)21(3)4/h5-13,18H,14H2,1-4H3/t18-/m1/s1. The van der Waals surface area contributed by atoms with Crippen molar-refractivity contribution >= 4 is 11.5 Å². The first-order valence-electron chi connectivity index (χ1n) is 8.23. The average Bonchev–Trinajstić information content (AvgIpc) is 2.60. The molecule has 0 radical (unpaired) electrons. The van der Waals surface area contributed by atoms with Gasteiger partial charge < -0.3 is 4.90 Å². The van der Waals surface area contributed by atoms with Crippen LogP contribution in [0.4, 0.5) is 5.69 Å². The third-order valence-corrected chi connectivity index (χ3v) is 4.62. The Labute approximate surface area is 148 Å². The van der Waals surface area contributed by atoms with Crippen molar-refractivity contribution in [1.29, 1.82) is 0 Å². The first kappa shape index (κ1) is 18.6. The Hall–Kier alpha value is -2.69. The first-order chi connectivity index (χ1) is 11.7. The number of rotatable bonds is 7. The highest BCUT2D eigenvalue weighted by molar-refractivity contribution is 5.96. The molecule has 0 saturated carbocycles. The summed E-state index contributed by atoms with van der Waals surface area (Å²) in [5.41, 5.74) is 1.15. The molecular weight excluding hydrogens is 316 g/mol. The molecule has 0 bridgehead atoms. The molecule has 132 valence electrons. The van der Waals surface area contributed by atoms with Gasteiger partial charge >= 0.3 is 0 Å². The van der Waals surface area contributed by atoms with Crippen LogP contribution in [0.1, 0.15) is 42.1 Å². The van der Waals surface area contributed by atoms with Crippen molar-refractivity contribution in [3.05, 3.63) is 75.8 Å². The number of nitro groups is 1. The van der Waals surface area contributed by atoms with E-state index < -0.39 is 11.5 Å². The quantitative estimate of drug-likeness (QED) is 0.431. The van der Waals surface area contributed by atoms with Crippen LogP contribution in [0.5, 0.6) is 0 Å². The maximum Gasteiger partial charge on any atom is 0.223 e. The normalized spacial score (nSPS) is 12.5. The van der Waals surface area contributed by atoms with Crippen molar-refractivity contribution in [2.24, 2.45) is 0 Å². The van der Waals surface area contributed by atoms with Crippen molar-refractivity contribution in [2.45, 2.75) is 31.7 Å². The Morgan fingerprint density at radius 2 is 1.64 bits per heavy atom. The van der Waals surface area contributed by atoms with E-state index in [1.165, 1.54) is 0 Å². The minimum atomic E-state index is -1.25. The molecule has 2 aromatic rings. The minimum absolute atomic E-state index is 0.0859. The Balaban J connectivity index is 2.37. The number of hydrogen-bond acceptors (Lipinski definition) is 4. The average molecular weight is 340 g/mol. The Morgan fingerprint density at radius 3 is 2.12 bits per heavy atom. The van der Waals surface area contributed by atoms with Crippen LogP contribution in [0.25, 0.3) is 0 Å². The summed E-state index contributed by atoms with van der Waals surface area (Å²) in [6.07, 6.45) is 0.0965. The van der Waals surface area contributed by atoms with Crippen LogP contribution < -0.4 is 4.90 Å². The maximum atomic E-state index is 12.6. The smallest absolute Gasteiger partial charge is 0.223 e. The molecule has 0 aliphatic rings. The van der Waals surface area contributed by atoms with Gasteiger partial charge in [-0.25, -0.2) is 0 Å². The highest BCUT2D eigenvalue weighted by Crippen LogP contribution is 2.35. The van der Waals surface area contributed by atoms with Crippen molar-refractivity contribution in [1.82, 2.24) is 0 Å². The van der Waals surface area contributed by atoms with Gasteiger partial charge in [0.2, 0.25) is 5.54 Å². The van der Waals surface area contributed by atoms with E-state index in [0.717, 1.165) is 11.3 Å². The highest BCUT2D eigenvalue weighted by atomic mass is 16.6. The molecular formula is C20H24N2O3. The van der Waals surface area contributed by atoms with E-state index in [1.54, 1.807) is 38.1 Å². The van der Waals surface area contributed by atoms with E-state index in [4.69, 9.17) is 0 Å². The van der Waals surface area contributed by atoms with Gasteiger partial charge in [0, 0.05) is 50.5 Å². The molecule has 0 fully saturated rings. The maximum absolute atomic E-state index is 12.6. The Kier molecular flexibility index (Phi) is 5.57. The monoisotopic (exact) mass is 340 g/mol. The van der Waals surface area contributed by atoms with Gasteiger partial charge in [0.1, 0.15) is 0 Å². The summed E-state index contributed by atoms with van der Waals surface area (Å²) in [6.45, 7) is 3.16. The number of anilines is 1. The predicted molar refractivity (Wildman–Crippen MR) is 100.0 cm³/mol. The zero-order chi connectivity index (χ0) is 18.6. The van der Waals surface area contributed by atoms with Gasteiger partial charge in [-0.05, 0) is 17.7 Å². The molecule has 25 heavy (non-hydrogen) atoms. The molecule has 0 aliphatic heterocycles. The van der Waals surface area contributed by atoms with Crippen LogP contribution in [0.3, 0.4) is 0 Å². The number of Topliss-reactive ketones (excluding diaryl/α,β-unsaturated/α-hetero) is 1. The number of ketones is 1. The lowest BCUT2D eigenvalue weighted by Crippen LogP contribution is -2.39. The molecule has 2 rings (SSSR count). The van der Waals surface area contributed by atoms with E-state index in [1.807, 2.05) is 49.3 Å². The molecule has 0 aromatic heterocycles. The lowest BCUT2D eigenvalue weighted by atomic mass is 9.78. The largest absolute Gasteiger partial charge is 0.378 e. The first-order valence-corrected chi connectivity index (χ1v) is 8.23. The third kappa shape index (κ3) is 4.24. The van der Waals surface area contributed by atoms with E-state index in [0.29, 0.717) is 5.56 Å². The fourth-order valence-electron chi connectivity index (χ4n) is 2.83. The summed E-state index contributed by atoms with van der Waals surface area (Å²) in [6, 6.07) is 16.5. The molecule has 0 N–H and O–H groups in total. The molecule has 2 aromatic carbocycles. The number of benzene rings is 2. The van der Waals surface area contributed by atoms with Crippen molar-refractivity contribution < 1.29 is 9.72 Å². The second-order valence-electron chi connectivity index (χ2n) is 6.94. The second-order valence-corrected chi connectivity index (χ2v) is 6.94. The lowest BCUT2D eigenvalue weighted by Gasteiger charge is -2.27. The molecule has 0 aliphatic carbocycles. The van der Waals surface area contributed by atoms with E-state index in [-0.39, 0.29) is 17.1 Å². The van der Waals surface area contributed by atoms with Crippen LogP contribution in [-0.4, -0.2) is 30.3 Å². The minimum Gasteiger partial charge on any atom is -0.378 e. The molecule has 5 heteroatoms. The second kappa shape index (κ2) is 7.47. The highest BCUT2D eigenvalue weighted by Gasteiger charge is 2.42. The summed E-state index contributed by atoms with van der Waals surface area (Å²) < 4.78 is 0. The number of carbonyl (C=O) groups excluding carboxylic acids is 1. The number of nitrogens with zero attached hydrogens (tertiary/aromatic N) is 2. The van der Waals surface area contributed by atoms with Gasteiger partial charge in [-0.15, -0.1) is 0 Å². The zero-order valence-corrected chi connectivity index (χ0v) is 15.1. The number of carbonyl (C=O) groups is 1. The summed E-state index contributed by atoms with van der Waals surface area (Å²) in [7, 11) is 3.87. The summed E-state index contributed by atoms with van der Waals surface area (Å²) >= 11 is 0. The van der Waals surface area contributed by atoms with Crippen LogP contribution in [0.2, 0.25) is 0 Å². The fourth-order valence-corrected chi connectivity index (χ4v) is 2.83. The molecule has 0 amide bonds. The molecule has 1 atom stereocenters. The molecule has 5 nitrogen and oxygen atoms in total.